The smallest absolute Gasteiger partial charge is 0.262 e. The maximum absolute atomic E-state index is 12.1. The number of hydrogen-bond donors (Lipinski definition) is 1. The lowest BCUT2D eigenvalue weighted by Gasteiger charge is -2.19. The zero-order valence-electron chi connectivity index (χ0n) is 16.6. The van der Waals surface area contributed by atoms with E-state index in [-0.39, 0.29) is 17.9 Å². The second kappa shape index (κ2) is 9.97. The third-order valence-electron chi connectivity index (χ3n) is 3.91. The van der Waals surface area contributed by atoms with Gasteiger partial charge >= 0.3 is 0 Å². The van der Waals surface area contributed by atoms with E-state index in [1.54, 1.807) is 6.07 Å². The first-order valence-corrected chi connectivity index (χ1v) is 9.22. The van der Waals surface area contributed by atoms with Crippen LogP contribution in [0.1, 0.15) is 33.3 Å². The third kappa shape index (κ3) is 7.31. The molecule has 1 amide bonds. The molecule has 0 aliphatic carbocycles. The normalized spacial score (nSPS) is 11.1. The van der Waals surface area contributed by atoms with Crippen molar-refractivity contribution in [1.29, 1.82) is 0 Å². The molecule has 0 unspecified atom stereocenters. The first kappa shape index (κ1) is 20.8. The van der Waals surface area contributed by atoms with Crippen molar-refractivity contribution in [2.45, 2.75) is 33.1 Å². The van der Waals surface area contributed by atoms with Gasteiger partial charge in [-0.05, 0) is 42.2 Å². The maximum Gasteiger partial charge on any atom is 0.262 e. The number of amides is 1. The van der Waals surface area contributed by atoms with Gasteiger partial charge in [-0.3, -0.25) is 4.79 Å². The molecule has 27 heavy (non-hydrogen) atoms. The fourth-order valence-corrected chi connectivity index (χ4v) is 2.42. The molecule has 2 aromatic carbocycles. The first-order valence-electron chi connectivity index (χ1n) is 9.22. The van der Waals surface area contributed by atoms with Crippen LogP contribution in [0, 0.1) is 0 Å². The monoisotopic (exact) mass is 371 g/mol. The standard InChI is InChI=1S/C22H29NO4/c1-5-25-13-14-26-20-8-6-7-18(15-20)23-21(24)16-27-19-11-9-17(10-12-19)22(2,3)4/h6-12,15H,5,13-14,16H2,1-4H3,(H,23,24). The summed E-state index contributed by atoms with van der Waals surface area (Å²) in [5, 5.41) is 2.81. The molecular weight excluding hydrogens is 342 g/mol. The number of carbonyl (C=O) groups excluding carboxylic acids is 1. The van der Waals surface area contributed by atoms with Gasteiger partial charge in [0.1, 0.15) is 18.1 Å². The largest absolute Gasteiger partial charge is 0.491 e. The highest BCUT2D eigenvalue weighted by molar-refractivity contribution is 5.92. The van der Waals surface area contributed by atoms with Gasteiger partial charge < -0.3 is 19.5 Å². The fourth-order valence-electron chi connectivity index (χ4n) is 2.42. The molecule has 0 aromatic heterocycles. The van der Waals surface area contributed by atoms with E-state index in [9.17, 15) is 4.79 Å². The molecule has 2 rings (SSSR count). The van der Waals surface area contributed by atoms with Gasteiger partial charge in [0.25, 0.3) is 5.91 Å². The Morgan fingerprint density at radius 1 is 0.963 bits per heavy atom. The van der Waals surface area contributed by atoms with Crippen LogP contribution in [-0.4, -0.2) is 32.3 Å². The highest BCUT2D eigenvalue weighted by atomic mass is 16.5. The molecule has 0 fully saturated rings. The van der Waals surface area contributed by atoms with Gasteiger partial charge in [-0.2, -0.15) is 0 Å². The lowest BCUT2D eigenvalue weighted by Crippen LogP contribution is -2.20. The molecule has 0 saturated carbocycles. The Kier molecular flexibility index (Phi) is 7.67. The van der Waals surface area contributed by atoms with E-state index in [2.05, 4.69) is 26.1 Å². The van der Waals surface area contributed by atoms with E-state index in [4.69, 9.17) is 14.2 Å². The number of nitrogens with one attached hydrogen (secondary N) is 1. The molecule has 2 aromatic rings. The van der Waals surface area contributed by atoms with Crippen LogP contribution in [-0.2, 0) is 14.9 Å². The van der Waals surface area contributed by atoms with Crippen LogP contribution >= 0.6 is 0 Å². The van der Waals surface area contributed by atoms with Gasteiger partial charge in [-0.15, -0.1) is 0 Å². The zero-order valence-corrected chi connectivity index (χ0v) is 16.6. The van der Waals surface area contributed by atoms with Crippen molar-refractivity contribution in [3.8, 4) is 11.5 Å². The van der Waals surface area contributed by atoms with Gasteiger partial charge in [0.15, 0.2) is 6.61 Å². The average molecular weight is 371 g/mol. The Morgan fingerprint density at radius 3 is 2.37 bits per heavy atom. The van der Waals surface area contributed by atoms with Crippen molar-refractivity contribution in [3.63, 3.8) is 0 Å². The summed E-state index contributed by atoms with van der Waals surface area (Å²) in [4.78, 5) is 12.1. The van der Waals surface area contributed by atoms with Crippen molar-refractivity contribution in [2.75, 3.05) is 31.7 Å². The van der Waals surface area contributed by atoms with E-state index in [0.717, 1.165) is 0 Å². The number of benzene rings is 2. The van der Waals surface area contributed by atoms with E-state index < -0.39 is 0 Å². The summed E-state index contributed by atoms with van der Waals surface area (Å²) >= 11 is 0. The Hall–Kier alpha value is -2.53. The molecule has 0 aliphatic rings. The molecular formula is C22H29NO4. The first-order chi connectivity index (χ1) is 12.9. The van der Waals surface area contributed by atoms with Gasteiger partial charge in [-0.1, -0.05) is 39.0 Å². The minimum Gasteiger partial charge on any atom is -0.491 e. The summed E-state index contributed by atoms with van der Waals surface area (Å²) in [6, 6.07) is 15.1. The summed E-state index contributed by atoms with van der Waals surface area (Å²) < 4.78 is 16.4. The SMILES string of the molecule is CCOCCOc1cccc(NC(=O)COc2ccc(C(C)(C)C)cc2)c1. The van der Waals surface area contributed by atoms with E-state index in [0.29, 0.717) is 37.0 Å². The molecule has 5 nitrogen and oxygen atoms in total. The summed E-state index contributed by atoms with van der Waals surface area (Å²) in [6.45, 7) is 10.0. The number of hydrogen-bond acceptors (Lipinski definition) is 4. The lowest BCUT2D eigenvalue weighted by molar-refractivity contribution is -0.118. The van der Waals surface area contributed by atoms with Crippen LogP contribution in [0.25, 0.3) is 0 Å². The molecule has 0 aliphatic heterocycles. The van der Waals surface area contributed by atoms with E-state index >= 15 is 0 Å². The predicted molar refractivity (Wildman–Crippen MR) is 108 cm³/mol. The minimum atomic E-state index is -0.221. The average Bonchev–Trinajstić information content (AvgIpc) is 2.63. The number of anilines is 1. The number of ether oxygens (including phenoxy) is 3. The summed E-state index contributed by atoms with van der Waals surface area (Å²) in [7, 11) is 0. The quantitative estimate of drug-likeness (QED) is 0.663. The van der Waals surface area contributed by atoms with E-state index in [1.165, 1.54) is 5.56 Å². The molecule has 146 valence electrons. The van der Waals surface area contributed by atoms with Crippen LogP contribution in [0.2, 0.25) is 0 Å². The predicted octanol–water partition coefficient (Wildman–Crippen LogP) is 4.42. The molecule has 0 saturated heterocycles. The van der Waals surface area contributed by atoms with Crippen molar-refractivity contribution < 1.29 is 19.0 Å². The summed E-state index contributed by atoms with van der Waals surface area (Å²) in [5.74, 6) is 1.14. The van der Waals surface area contributed by atoms with Crippen molar-refractivity contribution in [2.24, 2.45) is 0 Å². The maximum atomic E-state index is 12.1. The molecule has 0 spiro atoms. The second-order valence-electron chi connectivity index (χ2n) is 7.18. The minimum absolute atomic E-state index is 0.0513. The molecule has 5 heteroatoms. The van der Waals surface area contributed by atoms with Crippen molar-refractivity contribution in [3.05, 3.63) is 54.1 Å². The zero-order chi connectivity index (χ0) is 19.7. The van der Waals surface area contributed by atoms with Crippen LogP contribution in [0.3, 0.4) is 0 Å². The summed E-state index contributed by atoms with van der Waals surface area (Å²) in [6.07, 6.45) is 0. The Labute approximate surface area is 161 Å². The van der Waals surface area contributed by atoms with Crippen LogP contribution < -0.4 is 14.8 Å². The van der Waals surface area contributed by atoms with Crippen LogP contribution in [0.15, 0.2) is 48.5 Å². The molecule has 0 atom stereocenters. The second-order valence-corrected chi connectivity index (χ2v) is 7.18. The van der Waals surface area contributed by atoms with Crippen molar-refractivity contribution >= 4 is 11.6 Å². The highest BCUT2D eigenvalue weighted by Crippen LogP contribution is 2.24. The number of carbonyl (C=O) groups is 1. The van der Waals surface area contributed by atoms with Crippen LogP contribution in [0.4, 0.5) is 5.69 Å². The van der Waals surface area contributed by atoms with Gasteiger partial charge in [-0.25, -0.2) is 0 Å². The van der Waals surface area contributed by atoms with Gasteiger partial charge in [0, 0.05) is 18.4 Å². The van der Waals surface area contributed by atoms with Crippen LogP contribution in [0.5, 0.6) is 11.5 Å². The topological polar surface area (TPSA) is 56.8 Å². The fraction of sp³-hybridized carbons (Fsp3) is 0.409. The summed E-state index contributed by atoms with van der Waals surface area (Å²) in [5.41, 5.74) is 1.98. The lowest BCUT2D eigenvalue weighted by atomic mass is 9.87. The Bertz CT molecular complexity index is 720. The third-order valence-corrected chi connectivity index (χ3v) is 3.91. The van der Waals surface area contributed by atoms with E-state index in [1.807, 2.05) is 49.4 Å². The van der Waals surface area contributed by atoms with Gasteiger partial charge in [0.05, 0.1) is 6.61 Å². The Morgan fingerprint density at radius 2 is 1.70 bits per heavy atom. The van der Waals surface area contributed by atoms with Crippen molar-refractivity contribution in [1.82, 2.24) is 0 Å². The Balaban J connectivity index is 1.81. The number of rotatable bonds is 9. The molecule has 0 radical (unpaired) electrons. The van der Waals surface area contributed by atoms with Gasteiger partial charge in [0.2, 0.25) is 0 Å². The highest BCUT2D eigenvalue weighted by Gasteiger charge is 2.13. The molecule has 1 N–H and O–H groups in total. The molecule has 0 bridgehead atoms. The molecule has 0 heterocycles.